The van der Waals surface area contributed by atoms with Gasteiger partial charge in [-0.25, -0.2) is 0 Å². The zero-order chi connectivity index (χ0) is 25.4. The second kappa shape index (κ2) is 9.60. The lowest BCUT2D eigenvalue weighted by atomic mass is 9.99. The van der Waals surface area contributed by atoms with Crippen LogP contribution in [0.4, 0.5) is 0 Å². The Labute approximate surface area is 197 Å². The predicted molar refractivity (Wildman–Crippen MR) is 119 cm³/mol. The third-order valence-corrected chi connectivity index (χ3v) is 5.65. The van der Waals surface area contributed by atoms with Crippen LogP contribution in [0.25, 0.3) is 22.3 Å². The monoisotopic (exact) mass is 492 g/mol. The zero-order valence-electron chi connectivity index (χ0n) is 18.6. The molecule has 1 saturated heterocycles. The highest BCUT2D eigenvalue weighted by Gasteiger charge is 2.44. The second-order valence-corrected chi connectivity index (χ2v) is 7.83. The number of fused-ring (bicyclic) bond motifs is 1. The van der Waals surface area contributed by atoms with Crippen LogP contribution in [0.3, 0.4) is 0 Å². The van der Waals surface area contributed by atoms with Gasteiger partial charge in [0, 0.05) is 23.8 Å². The van der Waals surface area contributed by atoms with Crippen molar-refractivity contribution >= 4 is 11.0 Å². The third kappa shape index (κ3) is 4.45. The summed E-state index contributed by atoms with van der Waals surface area (Å²) in [4.78, 5) is 12.9. The molecule has 1 fully saturated rings. The first-order chi connectivity index (χ1) is 16.7. The first kappa shape index (κ1) is 24.6. The fourth-order valence-corrected chi connectivity index (χ4v) is 3.79. The maximum Gasteiger partial charge on any atom is 0.229 e. The molecule has 0 amide bonds. The first-order valence-electron chi connectivity index (χ1n) is 10.4. The van der Waals surface area contributed by atoms with Gasteiger partial charge in [0.1, 0.15) is 52.6 Å². The van der Waals surface area contributed by atoms with E-state index in [0.29, 0.717) is 0 Å². The number of ether oxygens (including phenoxy) is 4. The van der Waals surface area contributed by atoms with E-state index in [9.17, 15) is 35.4 Å². The van der Waals surface area contributed by atoms with Crippen LogP contribution in [-0.2, 0) is 4.74 Å². The molecule has 5 unspecified atom stereocenters. The molecule has 0 saturated carbocycles. The van der Waals surface area contributed by atoms with Gasteiger partial charge in [0.2, 0.25) is 12.0 Å². The van der Waals surface area contributed by atoms with Crippen molar-refractivity contribution in [3.63, 3.8) is 0 Å². The smallest absolute Gasteiger partial charge is 0.229 e. The molecule has 2 aromatic carbocycles. The Kier molecular flexibility index (Phi) is 6.74. The molecule has 2 heterocycles. The van der Waals surface area contributed by atoms with Crippen molar-refractivity contribution in [2.75, 3.05) is 20.8 Å². The van der Waals surface area contributed by atoms with Gasteiger partial charge in [-0.1, -0.05) is 0 Å². The van der Waals surface area contributed by atoms with E-state index in [0.717, 1.165) is 0 Å². The molecule has 0 aliphatic carbocycles. The van der Waals surface area contributed by atoms with Crippen molar-refractivity contribution in [3.05, 3.63) is 40.6 Å². The highest BCUT2D eigenvalue weighted by Crippen LogP contribution is 2.40. The molecule has 1 aromatic heterocycles. The van der Waals surface area contributed by atoms with E-state index in [2.05, 4.69) is 0 Å². The number of benzene rings is 2. The topological polar surface area (TPSA) is 189 Å². The van der Waals surface area contributed by atoms with Gasteiger partial charge in [0.05, 0.1) is 20.8 Å². The average Bonchev–Trinajstić information content (AvgIpc) is 2.85. The Hall–Kier alpha value is -3.55. The summed E-state index contributed by atoms with van der Waals surface area (Å²) in [7, 11) is 2.62. The van der Waals surface area contributed by atoms with Crippen LogP contribution in [0.15, 0.2) is 39.5 Å². The molecule has 35 heavy (non-hydrogen) atoms. The van der Waals surface area contributed by atoms with Crippen LogP contribution in [0.2, 0.25) is 0 Å². The number of methoxy groups -OCH3 is 2. The Bertz CT molecular complexity index is 1280. The zero-order valence-corrected chi connectivity index (χ0v) is 18.6. The molecule has 4 rings (SSSR count). The van der Waals surface area contributed by atoms with Gasteiger partial charge in [0.15, 0.2) is 16.9 Å². The summed E-state index contributed by atoms with van der Waals surface area (Å²) in [6, 6.07) is 6.39. The minimum absolute atomic E-state index is 0.0120. The molecule has 1 aliphatic rings. The van der Waals surface area contributed by atoms with Crippen molar-refractivity contribution in [2.45, 2.75) is 30.7 Å². The highest BCUT2D eigenvalue weighted by atomic mass is 16.7. The molecule has 12 nitrogen and oxygen atoms in total. The fraction of sp³-hybridized carbons (Fsp3) is 0.348. The Morgan fingerprint density at radius 1 is 0.914 bits per heavy atom. The number of aliphatic hydroxyl groups excluding tert-OH is 4. The number of phenolic OH excluding ortho intramolecular Hbond substituents is 2. The standard InChI is InChI=1S/C23H24O12/c1-31-14-5-10(33-23-22(30)21(29)20(28)17(8-24)35-23)6-15-18(14)11(25)7-13(34-15)9-3-12(26)19(27)16(4-9)32-2/h3-7,17,20-24,26-30H,8H2,1-2H3. The molecule has 6 N–H and O–H groups in total. The van der Waals surface area contributed by atoms with Gasteiger partial charge in [-0.15, -0.1) is 0 Å². The molecule has 0 spiro atoms. The van der Waals surface area contributed by atoms with Crippen molar-refractivity contribution in [3.8, 4) is 40.1 Å². The van der Waals surface area contributed by atoms with Gasteiger partial charge in [-0.3, -0.25) is 4.79 Å². The van der Waals surface area contributed by atoms with Crippen LogP contribution in [-0.4, -0.2) is 82.2 Å². The molecule has 188 valence electrons. The number of hydrogen-bond donors (Lipinski definition) is 6. The van der Waals surface area contributed by atoms with Crippen molar-refractivity contribution in [1.29, 1.82) is 0 Å². The normalized spacial score (nSPS) is 24.3. The van der Waals surface area contributed by atoms with Gasteiger partial charge < -0.3 is 54.0 Å². The minimum atomic E-state index is -1.65. The molecule has 1 aliphatic heterocycles. The summed E-state index contributed by atoms with van der Waals surface area (Å²) < 4.78 is 27.2. The molecular weight excluding hydrogens is 468 g/mol. The molecular formula is C23H24O12. The van der Waals surface area contributed by atoms with E-state index in [-0.39, 0.29) is 39.5 Å². The van der Waals surface area contributed by atoms with Crippen LogP contribution in [0.5, 0.6) is 28.7 Å². The molecule has 12 heteroatoms. The van der Waals surface area contributed by atoms with Crippen LogP contribution in [0.1, 0.15) is 0 Å². The van der Waals surface area contributed by atoms with E-state index in [1.165, 1.54) is 44.6 Å². The van der Waals surface area contributed by atoms with Crippen molar-refractivity contribution < 1.29 is 54.0 Å². The lowest BCUT2D eigenvalue weighted by Crippen LogP contribution is -2.60. The SMILES string of the molecule is COc1cc(-c2cc(=O)c3c(OC)cc(OC4OC(CO)C(O)C(O)C4O)cc3o2)cc(O)c1O. The molecule has 3 aromatic rings. The maximum absolute atomic E-state index is 12.9. The summed E-state index contributed by atoms with van der Waals surface area (Å²) in [6.45, 7) is -0.632. The number of aromatic hydroxyl groups is 2. The maximum atomic E-state index is 12.9. The Morgan fingerprint density at radius 2 is 1.63 bits per heavy atom. The number of phenols is 2. The summed E-state index contributed by atoms with van der Waals surface area (Å²) in [5.74, 6) is -0.877. The average molecular weight is 492 g/mol. The van der Waals surface area contributed by atoms with E-state index < -0.39 is 54.2 Å². The van der Waals surface area contributed by atoms with Crippen LogP contribution >= 0.6 is 0 Å². The summed E-state index contributed by atoms with van der Waals surface area (Å²) in [6.07, 6.45) is -7.50. The van der Waals surface area contributed by atoms with Gasteiger partial charge in [-0.2, -0.15) is 0 Å². The predicted octanol–water partition coefficient (Wildman–Crippen LogP) is 0.0671. The third-order valence-electron chi connectivity index (χ3n) is 5.65. The second-order valence-electron chi connectivity index (χ2n) is 7.83. The Balaban J connectivity index is 1.78. The summed E-state index contributed by atoms with van der Waals surface area (Å²) in [5.41, 5.74) is -0.239. The first-order valence-corrected chi connectivity index (χ1v) is 10.4. The number of hydrogen-bond acceptors (Lipinski definition) is 12. The Morgan fingerprint density at radius 3 is 2.29 bits per heavy atom. The van der Waals surface area contributed by atoms with Crippen LogP contribution < -0.4 is 19.6 Å². The quantitative estimate of drug-likeness (QED) is 0.254. The molecule has 0 radical (unpaired) electrons. The molecule has 0 bridgehead atoms. The minimum Gasteiger partial charge on any atom is -0.504 e. The summed E-state index contributed by atoms with van der Waals surface area (Å²) in [5, 5.41) is 59.5. The van der Waals surface area contributed by atoms with E-state index >= 15 is 0 Å². The van der Waals surface area contributed by atoms with Crippen LogP contribution in [0, 0.1) is 0 Å². The molecule has 5 atom stereocenters. The number of aliphatic hydroxyl groups is 4. The largest absolute Gasteiger partial charge is 0.504 e. The van der Waals surface area contributed by atoms with Crippen molar-refractivity contribution in [1.82, 2.24) is 0 Å². The van der Waals surface area contributed by atoms with E-state index in [1.54, 1.807) is 0 Å². The lowest BCUT2D eigenvalue weighted by molar-refractivity contribution is -0.277. The fourth-order valence-electron chi connectivity index (χ4n) is 3.79. The van der Waals surface area contributed by atoms with Gasteiger partial charge >= 0.3 is 0 Å². The van der Waals surface area contributed by atoms with E-state index in [4.69, 9.17) is 23.4 Å². The van der Waals surface area contributed by atoms with Gasteiger partial charge in [-0.05, 0) is 12.1 Å². The summed E-state index contributed by atoms with van der Waals surface area (Å²) >= 11 is 0. The highest BCUT2D eigenvalue weighted by molar-refractivity contribution is 5.86. The van der Waals surface area contributed by atoms with Crippen molar-refractivity contribution in [2.24, 2.45) is 0 Å². The number of rotatable bonds is 6. The van der Waals surface area contributed by atoms with E-state index in [1.807, 2.05) is 0 Å². The lowest BCUT2D eigenvalue weighted by Gasteiger charge is -2.39. The van der Waals surface area contributed by atoms with Gasteiger partial charge in [0.25, 0.3) is 0 Å².